The van der Waals surface area contributed by atoms with E-state index in [-0.39, 0.29) is 5.92 Å². The highest BCUT2D eigenvalue weighted by Gasteiger charge is 2.45. The first-order valence-corrected chi connectivity index (χ1v) is 24.9. The van der Waals surface area contributed by atoms with Crippen molar-refractivity contribution in [2.24, 2.45) is 5.92 Å². The molecule has 0 spiro atoms. The van der Waals surface area contributed by atoms with E-state index in [2.05, 4.69) is 238 Å². The van der Waals surface area contributed by atoms with Crippen molar-refractivity contribution < 1.29 is 0 Å². The van der Waals surface area contributed by atoms with Crippen molar-refractivity contribution in [1.29, 1.82) is 0 Å². The Kier molecular flexibility index (Phi) is 8.42. The molecule has 0 saturated heterocycles. The Hall–Kier alpha value is -8.58. The van der Waals surface area contributed by atoms with E-state index in [4.69, 9.17) is 0 Å². The van der Waals surface area contributed by atoms with Crippen LogP contribution < -0.4 is 0 Å². The van der Waals surface area contributed by atoms with E-state index in [1.165, 1.54) is 160 Å². The standard InChI is InChI=1S/C70H46/c1-41-57(43-17-7-3-8-18-43)58(44-19-9-4-10-20-44)42(2)60-59(41)67(55-39-35-51-31-29-47-25-15-27-49-33-37-53(55)63(51)61(47)49)70-66(46-23-13-6-14-24-46)65(45-21-11-5-12-22-45)68(69(60)70)56-40-36-52-32-30-48-26-16-28-50-34-38-54(56)64(52)62(48)50/h3-24,26-40,63H,25H2,1-2H3. The van der Waals surface area contributed by atoms with Gasteiger partial charge in [0, 0.05) is 5.92 Å². The number of hydrogen-bond donors (Lipinski definition) is 0. The van der Waals surface area contributed by atoms with Gasteiger partial charge in [-0.15, -0.1) is 0 Å². The topological polar surface area (TPSA) is 0 Å². The van der Waals surface area contributed by atoms with Gasteiger partial charge in [0.15, 0.2) is 0 Å². The van der Waals surface area contributed by atoms with Crippen LogP contribution in [0.5, 0.6) is 0 Å². The molecule has 1 atom stereocenters. The molecule has 0 aromatic heterocycles. The van der Waals surface area contributed by atoms with Gasteiger partial charge >= 0.3 is 0 Å². The Morgan fingerprint density at radius 1 is 0.386 bits per heavy atom. The van der Waals surface area contributed by atoms with Crippen LogP contribution in [-0.4, -0.2) is 0 Å². The van der Waals surface area contributed by atoms with Gasteiger partial charge in [0.1, 0.15) is 0 Å². The maximum atomic E-state index is 2.47. The van der Waals surface area contributed by atoms with Gasteiger partial charge in [-0.2, -0.15) is 0 Å². The van der Waals surface area contributed by atoms with Crippen molar-refractivity contribution in [3.8, 4) is 22.3 Å². The second-order valence-corrected chi connectivity index (χ2v) is 19.7. The maximum absolute atomic E-state index is 2.47. The highest BCUT2D eigenvalue weighted by Crippen LogP contribution is 2.66. The van der Waals surface area contributed by atoms with Crippen LogP contribution in [0.4, 0.5) is 0 Å². The SMILES string of the molecule is Cc1c2c(c(C)c(-c3ccccc3)c1-c1ccccc1)C1=C(c3ccc4ccc5cccc6ccc3c4c56)C(c3ccccc3)=C(c3ccccc3)C1=C2C1=C2C=CC3=C4C(=CC=C(C=C1)C24)CC=C3. The fourth-order valence-electron chi connectivity index (χ4n) is 13.4. The minimum Gasteiger partial charge on any atom is -0.0795 e. The summed E-state index contributed by atoms with van der Waals surface area (Å²) in [5.74, 6) is 0.171. The third kappa shape index (κ3) is 5.42. The second kappa shape index (κ2) is 15.0. The smallest absolute Gasteiger partial charge is 0.0354 e. The number of allylic oxidation sites excluding steroid dienone is 20. The minimum atomic E-state index is 0.171. The highest BCUT2D eigenvalue weighted by molar-refractivity contribution is 6.42. The Balaban J connectivity index is 1.17. The van der Waals surface area contributed by atoms with Gasteiger partial charge in [-0.25, -0.2) is 0 Å². The van der Waals surface area contributed by atoms with Gasteiger partial charge in [-0.05, 0) is 181 Å². The highest BCUT2D eigenvalue weighted by atomic mass is 14.5. The molecular formula is C70H46. The molecule has 0 saturated carbocycles. The van der Waals surface area contributed by atoms with E-state index in [0.717, 1.165) is 6.42 Å². The molecule has 9 aromatic carbocycles. The molecule has 0 bridgehead atoms. The molecular weight excluding hydrogens is 841 g/mol. The molecule has 15 rings (SSSR count). The Morgan fingerprint density at radius 2 is 0.943 bits per heavy atom. The minimum absolute atomic E-state index is 0.171. The summed E-state index contributed by atoms with van der Waals surface area (Å²) in [6.07, 6.45) is 20.2. The van der Waals surface area contributed by atoms with Crippen molar-refractivity contribution in [1.82, 2.24) is 0 Å². The molecule has 0 fully saturated rings. The number of rotatable bonds is 6. The molecule has 0 heterocycles. The van der Waals surface area contributed by atoms with Crippen LogP contribution in [0.1, 0.15) is 45.4 Å². The molecule has 0 aliphatic heterocycles. The summed E-state index contributed by atoms with van der Waals surface area (Å²) in [5, 5.41) is 7.79. The zero-order valence-electron chi connectivity index (χ0n) is 39.1. The fourth-order valence-corrected chi connectivity index (χ4v) is 13.4. The summed E-state index contributed by atoms with van der Waals surface area (Å²) < 4.78 is 0. The fraction of sp³-hybridized carbons (Fsp3) is 0.0571. The molecule has 0 amide bonds. The molecule has 0 radical (unpaired) electrons. The lowest BCUT2D eigenvalue weighted by atomic mass is 9.66. The molecule has 9 aromatic rings. The summed E-state index contributed by atoms with van der Waals surface area (Å²) in [6, 6.07) is 65.9. The van der Waals surface area contributed by atoms with Gasteiger partial charge < -0.3 is 0 Å². The molecule has 6 aliphatic carbocycles. The van der Waals surface area contributed by atoms with Crippen LogP contribution in [0, 0.1) is 19.8 Å². The van der Waals surface area contributed by atoms with Gasteiger partial charge in [-0.3, -0.25) is 0 Å². The normalized spacial score (nSPS) is 17.7. The zero-order valence-corrected chi connectivity index (χ0v) is 39.1. The van der Waals surface area contributed by atoms with Crippen LogP contribution in [0.15, 0.2) is 264 Å². The first kappa shape index (κ1) is 39.4. The van der Waals surface area contributed by atoms with E-state index in [1.807, 2.05) is 0 Å². The number of benzene rings is 9. The van der Waals surface area contributed by atoms with Crippen molar-refractivity contribution >= 4 is 60.2 Å². The summed E-state index contributed by atoms with van der Waals surface area (Å²) in [5.41, 5.74) is 30.3. The second-order valence-electron chi connectivity index (χ2n) is 19.7. The first-order valence-electron chi connectivity index (χ1n) is 24.9. The van der Waals surface area contributed by atoms with E-state index >= 15 is 0 Å². The van der Waals surface area contributed by atoms with E-state index < -0.39 is 0 Å². The summed E-state index contributed by atoms with van der Waals surface area (Å²) in [7, 11) is 0. The van der Waals surface area contributed by atoms with E-state index in [9.17, 15) is 0 Å². The van der Waals surface area contributed by atoms with E-state index in [1.54, 1.807) is 0 Å². The third-order valence-electron chi connectivity index (χ3n) is 16.2. The van der Waals surface area contributed by atoms with Crippen LogP contribution >= 0.6 is 0 Å². The Bertz CT molecular complexity index is 4110. The molecule has 6 aliphatic rings. The quantitative estimate of drug-likeness (QED) is 0.146. The van der Waals surface area contributed by atoms with Crippen LogP contribution in [0.2, 0.25) is 0 Å². The molecule has 70 heavy (non-hydrogen) atoms. The summed E-state index contributed by atoms with van der Waals surface area (Å²) in [6.45, 7) is 4.84. The lowest BCUT2D eigenvalue weighted by Gasteiger charge is -2.37. The van der Waals surface area contributed by atoms with Gasteiger partial charge in [0.05, 0.1) is 0 Å². The maximum Gasteiger partial charge on any atom is 0.0354 e. The van der Waals surface area contributed by atoms with Gasteiger partial charge in [0.25, 0.3) is 0 Å². The Morgan fingerprint density at radius 3 is 1.59 bits per heavy atom. The van der Waals surface area contributed by atoms with Crippen LogP contribution in [-0.2, 0) is 0 Å². The van der Waals surface area contributed by atoms with Crippen molar-refractivity contribution in [2.75, 3.05) is 0 Å². The monoisotopic (exact) mass is 886 g/mol. The van der Waals surface area contributed by atoms with Gasteiger partial charge in [-0.1, -0.05) is 225 Å². The van der Waals surface area contributed by atoms with Crippen LogP contribution in [0.3, 0.4) is 0 Å². The molecule has 0 nitrogen and oxygen atoms in total. The number of fused-ring (bicyclic) bond motifs is 3. The lowest BCUT2D eigenvalue weighted by Crippen LogP contribution is -2.22. The predicted molar refractivity (Wildman–Crippen MR) is 296 cm³/mol. The molecule has 1 unspecified atom stereocenters. The largest absolute Gasteiger partial charge is 0.0795 e. The van der Waals surface area contributed by atoms with Crippen molar-refractivity contribution in [2.45, 2.75) is 20.3 Å². The van der Waals surface area contributed by atoms with Gasteiger partial charge in [0.2, 0.25) is 0 Å². The zero-order chi connectivity index (χ0) is 46.2. The first-order chi connectivity index (χ1) is 34.6. The Labute approximate surface area is 409 Å². The van der Waals surface area contributed by atoms with Crippen molar-refractivity contribution in [3.05, 3.63) is 302 Å². The van der Waals surface area contributed by atoms with Crippen LogP contribution in [0.25, 0.3) is 82.4 Å². The van der Waals surface area contributed by atoms with E-state index in [0.29, 0.717) is 0 Å². The third-order valence-corrected chi connectivity index (χ3v) is 16.2. The summed E-state index contributed by atoms with van der Waals surface area (Å²) >= 11 is 0. The average Bonchev–Trinajstić information content (AvgIpc) is 3.95. The molecule has 0 N–H and O–H groups in total. The van der Waals surface area contributed by atoms with Crippen molar-refractivity contribution in [3.63, 3.8) is 0 Å². The lowest BCUT2D eigenvalue weighted by molar-refractivity contribution is 0.826. The molecule has 326 valence electrons. The number of hydrogen-bond acceptors (Lipinski definition) is 0. The predicted octanol–water partition coefficient (Wildman–Crippen LogP) is 18.0. The summed E-state index contributed by atoms with van der Waals surface area (Å²) in [4.78, 5) is 0. The average molecular weight is 887 g/mol. The molecule has 0 heteroatoms.